The summed E-state index contributed by atoms with van der Waals surface area (Å²) in [4.78, 5) is 11.4. The second-order valence-corrected chi connectivity index (χ2v) is 4.00. The minimum absolute atomic E-state index is 0.0182. The Hall–Kier alpha value is -0.610. The van der Waals surface area contributed by atoms with Crippen molar-refractivity contribution in [2.45, 2.75) is 45.3 Å². The molecule has 0 rings (SSSR count). The van der Waals surface area contributed by atoms with Gasteiger partial charge in [-0.3, -0.25) is 4.79 Å². The van der Waals surface area contributed by atoms with E-state index in [2.05, 4.69) is 5.32 Å². The zero-order valence-electron chi connectivity index (χ0n) is 9.46. The van der Waals surface area contributed by atoms with E-state index in [9.17, 15) is 4.79 Å². The zero-order valence-corrected chi connectivity index (χ0v) is 9.46. The number of methoxy groups -OCH3 is 1. The van der Waals surface area contributed by atoms with E-state index >= 15 is 0 Å². The second-order valence-electron chi connectivity index (χ2n) is 4.00. The molecule has 4 nitrogen and oxygen atoms in total. The third kappa shape index (κ3) is 5.19. The first-order chi connectivity index (χ1) is 6.45. The minimum Gasteiger partial charge on any atom is -0.394 e. The molecule has 0 aliphatic rings. The average molecular weight is 203 g/mol. The number of aliphatic hydroxyl groups excluding tert-OH is 1. The number of carbonyl (C=O) groups is 1. The van der Waals surface area contributed by atoms with Crippen LogP contribution in [0.15, 0.2) is 0 Å². The number of hydrogen-bond donors (Lipinski definition) is 2. The van der Waals surface area contributed by atoms with Crippen LogP contribution in [0.1, 0.15) is 33.6 Å². The number of aliphatic hydroxyl groups is 1. The van der Waals surface area contributed by atoms with Crippen LogP contribution in [0, 0.1) is 0 Å². The number of hydrogen-bond acceptors (Lipinski definition) is 3. The highest BCUT2D eigenvalue weighted by atomic mass is 16.5. The Labute approximate surface area is 85.6 Å². The molecular formula is C10H21NO3. The molecule has 0 aliphatic heterocycles. The molecule has 0 saturated carbocycles. The summed E-state index contributed by atoms with van der Waals surface area (Å²) in [5, 5.41) is 11.6. The lowest BCUT2D eigenvalue weighted by Crippen LogP contribution is -2.40. The van der Waals surface area contributed by atoms with Gasteiger partial charge in [-0.1, -0.05) is 6.92 Å². The molecule has 1 amide bonds. The lowest BCUT2D eigenvalue weighted by atomic mass is 10.0. The molecule has 0 heterocycles. The van der Waals surface area contributed by atoms with E-state index in [0.717, 1.165) is 6.42 Å². The van der Waals surface area contributed by atoms with Gasteiger partial charge in [-0.05, 0) is 20.3 Å². The van der Waals surface area contributed by atoms with Crippen molar-refractivity contribution < 1.29 is 14.6 Å². The largest absolute Gasteiger partial charge is 0.394 e. The molecule has 0 fully saturated rings. The molecule has 0 aromatic heterocycles. The van der Waals surface area contributed by atoms with Crippen LogP contribution in [0.3, 0.4) is 0 Å². The highest BCUT2D eigenvalue weighted by Gasteiger charge is 2.22. The summed E-state index contributed by atoms with van der Waals surface area (Å²) in [6.07, 6.45) is 1.04. The van der Waals surface area contributed by atoms with Crippen molar-refractivity contribution in [3.8, 4) is 0 Å². The Morgan fingerprint density at radius 1 is 1.57 bits per heavy atom. The van der Waals surface area contributed by atoms with Gasteiger partial charge in [0.25, 0.3) is 0 Å². The van der Waals surface area contributed by atoms with Crippen LogP contribution in [0.4, 0.5) is 0 Å². The SMILES string of the molecule is CCC(CO)NC(=O)CC(C)(C)OC. The molecule has 0 aliphatic carbocycles. The first-order valence-electron chi connectivity index (χ1n) is 4.90. The van der Waals surface area contributed by atoms with E-state index in [1.165, 1.54) is 0 Å². The molecule has 0 aromatic rings. The van der Waals surface area contributed by atoms with Gasteiger partial charge in [-0.25, -0.2) is 0 Å². The molecule has 1 unspecified atom stereocenters. The normalized spacial score (nSPS) is 13.8. The van der Waals surface area contributed by atoms with Gasteiger partial charge in [0.05, 0.1) is 24.7 Å². The summed E-state index contributed by atoms with van der Waals surface area (Å²) in [7, 11) is 1.58. The van der Waals surface area contributed by atoms with E-state index in [4.69, 9.17) is 9.84 Å². The standard InChI is InChI=1S/C10H21NO3/c1-5-8(7-12)11-9(13)6-10(2,3)14-4/h8,12H,5-7H2,1-4H3,(H,11,13). The fourth-order valence-electron chi connectivity index (χ4n) is 1.01. The molecule has 0 saturated heterocycles. The number of nitrogens with one attached hydrogen (secondary N) is 1. The van der Waals surface area contributed by atoms with Crippen molar-refractivity contribution in [2.75, 3.05) is 13.7 Å². The molecule has 0 bridgehead atoms. The highest BCUT2D eigenvalue weighted by molar-refractivity contribution is 5.77. The first-order valence-corrected chi connectivity index (χ1v) is 4.90. The fraction of sp³-hybridized carbons (Fsp3) is 0.900. The summed E-state index contributed by atoms with van der Waals surface area (Å²) in [6.45, 7) is 5.61. The van der Waals surface area contributed by atoms with Crippen LogP contribution in [-0.2, 0) is 9.53 Å². The average Bonchev–Trinajstić information content (AvgIpc) is 2.13. The predicted octanol–water partition coefficient (Wildman–Crippen LogP) is 0.689. The Morgan fingerprint density at radius 3 is 2.50 bits per heavy atom. The Balaban J connectivity index is 3.97. The van der Waals surface area contributed by atoms with Gasteiger partial charge in [0.2, 0.25) is 5.91 Å². The van der Waals surface area contributed by atoms with Crippen LogP contribution < -0.4 is 5.32 Å². The summed E-state index contributed by atoms with van der Waals surface area (Å²) in [6, 6.07) is -0.143. The third-order valence-corrected chi connectivity index (χ3v) is 2.22. The van der Waals surface area contributed by atoms with E-state index in [0.29, 0.717) is 6.42 Å². The van der Waals surface area contributed by atoms with Gasteiger partial charge >= 0.3 is 0 Å². The van der Waals surface area contributed by atoms with Gasteiger partial charge in [-0.15, -0.1) is 0 Å². The summed E-state index contributed by atoms with van der Waals surface area (Å²) in [5.74, 6) is -0.0854. The quantitative estimate of drug-likeness (QED) is 0.667. The van der Waals surface area contributed by atoms with Gasteiger partial charge in [-0.2, -0.15) is 0 Å². The van der Waals surface area contributed by atoms with Crippen LogP contribution in [0.5, 0.6) is 0 Å². The van der Waals surface area contributed by atoms with E-state index in [-0.39, 0.29) is 18.6 Å². The van der Waals surface area contributed by atoms with Crippen LogP contribution in [-0.4, -0.2) is 36.4 Å². The number of ether oxygens (including phenoxy) is 1. The van der Waals surface area contributed by atoms with Gasteiger partial charge < -0.3 is 15.2 Å². The van der Waals surface area contributed by atoms with Crippen LogP contribution >= 0.6 is 0 Å². The van der Waals surface area contributed by atoms with E-state index < -0.39 is 5.60 Å². The summed E-state index contributed by atoms with van der Waals surface area (Å²) >= 11 is 0. The topological polar surface area (TPSA) is 58.6 Å². The van der Waals surface area contributed by atoms with Crippen LogP contribution in [0.2, 0.25) is 0 Å². The van der Waals surface area contributed by atoms with E-state index in [1.807, 2.05) is 20.8 Å². The molecular weight excluding hydrogens is 182 g/mol. The van der Waals surface area contributed by atoms with E-state index in [1.54, 1.807) is 7.11 Å². The van der Waals surface area contributed by atoms with Crippen molar-refractivity contribution >= 4 is 5.91 Å². The molecule has 2 N–H and O–H groups in total. The predicted molar refractivity (Wildman–Crippen MR) is 55.0 cm³/mol. The number of amides is 1. The molecule has 0 spiro atoms. The van der Waals surface area contributed by atoms with Gasteiger partial charge in [0.1, 0.15) is 0 Å². The number of carbonyl (C=O) groups excluding carboxylic acids is 1. The maximum absolute atomic E-state index is 11.4. The molecule has 0 aromatic carbocycles. The first kappa shape index (κ1) is 13.4. The van der Waals surface area contributed by atoms with Crippen molar-refractivity contribution in [3.05, 3.63) is 0 Å². The summed E-state index contributed by atoms with van der Waals surface area (Å²) in [5.41, 5.74) is -0.447. The number of rotatable bonds is 6. The molecule has 4 heteroatoms. The van der Waals surface area contributed by atoms with Crippen molar-refractivity contribution in [2.24, 2.45) is 0 Å². The molecule has 14 heavy (non-hydrogen) atoms. The Bertz CT molecular complexity index is 176. The lowest BCUT2D eigenvalue weighted by molar-refractivity contribution is -0.127. The highest BCUT2D eigenvalue weighted by Crippen LogP contribution is 2.12. The smallest absolute Gasteiger partial charge is 0.223 e. The Kier molecular flexibility index (Phi) is 5.72. The van der Waals surface area contributed by atoms with Crippen molar-refractivity contribution in [1.82, 2.24) is 5.32 Å². The maximum atomic E-state index is 11.4. The van der Waals surface area contributed by atoms with Gasteiger partial charge in [0.15, 0.2) is 0 Å². The van der Waals surface area contributed by atoms with Crippen molar-refractivity contribution in [1.29, 1.82) is 0 Å². The monoisotopic (exact) mass is 203 g/mol. The maximum Gasteiger partial charge on any atom is 0.223 e. The van der Waals surface area contributed by atoms with Crippen LogP contribution in [0.25, 0.3) is 0 Å². The minimum atomic E-state index is -0.447. The second kappa shape index (κ2) is 5.98. The fourth-order valence-corrected chi connectivity index (χ4v) is 1.01. The molecule has 1 atom stereocenters. The summed E-state index contributed by atoms with van der Waals surface area (Å²) < 4.78 is 5.13. The Morgan fingerprint density at radius 2 is 2.14 bits per heavy atom. The third-order valence-electron chi connectivity index (χ3n) is 2.22. The van der Waals surface area contributed by atoms with Crippen molar-refractivity contribution in [3.63, 3.8) is 0 Å². The van der Waals surface area contributed by atoms with Gasteiger partial charge in [0, 0.05) is 7.11 Å². The lowest BCUT2D eigenvalue weighted by Gasteiger charge is -2.23. The zero-order chi connectivity index (χ0) is 11.2. The molecule has 0 radical (unpaired) electrons. The molecule has 84 valence electrons.